The Morgan fingerprint density at radius 1 is 1.55 bits per heavy atom. The highest BCUT2D eigenvalue weighted by Crippen LogP contribution is 2.23. The van der Waals surface area contributed by atoms with E-state index in [2.05, 4.69) is 20.4 Å². The van der Waals surface area contributed by atoms with Gasteiger partial charge in [-0.05, 0) is 18.6 Å². The molecule has 0 spiro atoms. The van der Waals surface area contributed by atoms with Crippen molar-refractivity contribution in [3.05, 3.63) is 11.7 Å². The van der Waals surface area contributed by atoms with Crippen molar-refractivity contribution >= 4 is 11.8 Å². The number of nitrogens with zero attached hydrogens (tertiary/aromatic N) is 3. The van der Waals surface area contributed by atoms with E-state index in [1.165, 1.54) is 17.9 Å². The molecule has 2 saturated heterocycles. The molecule has 3 rings (SSSR count). The molecule has 112 valence electrons. The van der Waals surface area contributed by atoms with Crippen LogP contribution >= 0.6 is 11.8 Å². The molecule has 1 N–H and O–H groups in total. The van der Waals surface area contributed by atoms with E-state index in [4.69, 9.17) is 4.52 Å². The van der Waals surface area contributed by atoms with Gasteiger partial charge in [-0.3, -0.25) is 4.90 Å². The Labute approximate surface area is 122 Å². The number of likely N-dealkylation sites (tertiary alicyclic amines) is 1. The fourth-order valence-corrected chi connectivity index (χ4v) is 4.10. The van der Waals surface area contributed by atoms with Gasteiger partial charge in [-0.1, -0.05) is 5.16 Å². The van der Waals surface area contributed by atoms with E-state index in [-0.39, 0.29) is 6.04 Å². The maximum Gasteiger partial charge on any atom is 0.223 e. The Balaban J connectivity index is 1.53. The summed E-state index contributed by atoms with van der Waals surface area (Å²) in [5, 5.41) is 7.47. The molecule has 2 aliphatic rings. The van der Waals surface area contributed by atoms with Gasteiger partial charge in [0.1, 0.15) is 6.17 Å². The van der Waals surface area contributed by atoms with Gasteiger partial charge in [0.25, 0.3) is 0 Å². The molecular formula is C13H21FN4OS. The number of thioether (sulfide) groups is 1. The minimum atomic E-state index is -0.743. The molecule has 5 nitrogen and oxygen atoms in total. The lowest BCUT2D eigenvalue weighted by Gasteiger charge is -2.24. The van der Waals surface area contributed by atoms with Crippen molar-refractivity contribution in [3.8, 4) is 0 Å². The maximum atomic E-state index is 13.7. The average molecular weight is 300 g/mol. The molecule has 0 amide bonds. The zero-order chi connectivity index (χ0) is 13.9. The highest BCUT2D eigenvalue weighted by Gasteiger charge is 2.33. The van der Waals surface area contributed by atoms with Crippen molar-refractivity contribution in [2.45, 2.75) is 44.6 Å². The summed E-state index contributed by atoms with van der Waals surface area (Å²) in [6.07, 6.45) is 1.08. The van der Waals surface area contributed by atoms with Crippen LogP contribution in [-0.2, 0) is 6.54 Å². The van der Waals surface area contributed by atoms with E-state index in [0.29, 0.717) is 37.3 Å². The molecule has 1 aromatic heterocycles. The summed E-state index contributed by atoms with van der Waals surface area (Å²) in [6, 6.07) is 0.822. The first-order valence-corrected chi connectivity index (χ1v) is 8.34. The number of hydrogen-bond acceptors (Lipinski definition) is 6. The van der Waals surface area contributed by atoms with Crippen LogP contribution in [0.15, 0.2) is 4.52 Å². The second kappa shape index (κ2) is 6.41. The molecule has 0 unspecified atom stereocenters. The number of aromatic nitrogens is 2. The van der Waals surface area contributed by atoms with Gasteiger partial charge in [0.2, 0.25) is 5.89 Å². The Morgan fingerprint density at radius 3 is 3.15 bits per heavy atom. The molecular weight excluding hydrogens is 279 g/mol. The summed E-state index contributed by atoms with van der Waals surface area (Å²) in [4.78, 5) is 6.33. The normalized spacial score (nSPS) is 31.2. The number of rotatable bonds is 5. The molecule has 1 aromatic rings. The van der Waals surface area contributed by atoms with Gasteiger partial charge in [0, 0.05) is 37.8 Å². The molecule has 2 aliphatic heterocycles. The average Bonchev–Trinajstić information content (AvgIpc) is 3.10. The van der Waals surface area contributed by atoms with E-state index in [9.17, 15) is 4.39 Å². The molecule has 0 bridgehead atoms. The summed E-state index contributed by atoms with van der Waals surface area (Å²) in [5.74, 6) is 3.63. The first kappa shape index (κ1) is 14.3. The second-order valence-electron chi connectivity index (χ2n) is 5.61. The van der Waals surface area contributed by atoms with Crippen LogP contribution in [0.5, 0.6) is 0 Å². The lowest BCUT2D eigenvalue weighted by Crippen LogP contribution is -2.41. The molecule has 2 fully saturated rings. The molecule has 0 radical (unpaired) electrons. The zero-order valence-electron chi connectivity index (χ0n) is 11.7. The third-order valence-corrected chi connectivity index (χ3v) is 5.13. The van der Waals surface area contributed by atoms with Crippen molar-refractivity contribution in [2.75, 3.05) is 24.6 Å². The van der Waals surface area contributed by atoms with Crippen LogP contribution in [0.25, 0.3) is 0 Å². The largest absolute Gasteiger partial charge is 0.340 e. The van der Waals surface area contributed by atoms with E-state index in [1.807, 2.05) is 11.8 Å². The van der Waals surface area contributed by atoms with Gasteiger partial charge in [0.15, 0.2) is 5.82 Å². The van der Waals surface area contributed by atoms with Crippen molar-refractivity contribution < 1.29 is 8.91 Å². The first-order chi connectivity index (χ1) is 9.70. The Kier molecular flexibility index (Phi) is 4.58. The number of aryl methyl sites for hydroxylation is 1. The van der Waals surface area contributed by atoms with E-state index < -0.39 is 6.17 Å². The Morgan fingerprint density at radius 2 is 2.45 bits per heavy atom. The first-order valence-electron chi connectivity index (χ1n) is 7.19. The van der Waals surface area contributed by atoms with Crippen molar-refractivity contribution in [1.29, 1.82) is 0 Å². The summed E-state index contributed by atoms with van der Waals surface area (Å²) in [5.41, 5.74) is 0. The van der Waals surface area contributed by atoms with Crippen LogP contribution in [0.4, 0.5) is 4.39 Å². The zero-order valence-corrected chi connectivity index (χ0v) is 12.5. The van der Waals surface area contributed by atoms with Crippen LogP contribution in [0.1, 0.15) is 24.6 Å². The molecule has 0 aromatic carbocycles. The SMILES string of the molecule is Cc1nc(CN2C[C@@H](F)C[C@H]2CN[C@H]2CCSC2)no1. The molecule has 0 aliphatic carbocycles. The van der Waals surface area contributed by atoms with E-state index >= 15 is 0 Å². The smallest absolute Gasteiger partial charge is 0.223 e. The monoisotopic (exact) mass is 300 g/mol. The molecule has 0 saturated carbocycles. The van der Waals surface area contributed by atoms with E-state index in [1.54, 1.807) is 6.92 Å². The van der Waals surface area contributed by atoms with Crippen molar-refractivity contribution in [2.24, 2.45) is 0 Å². The fourth-order valence-electron chi connectivity index (χ4n) is 2.91. The van der Waals surface area contributed by atoms with Crippen molar-refractivity contribution in [1.82, 2.24) is 20.4 Å². The third kappa shape index (κ3) is 3.51. The number of alkyl halides is 1. The van der Waals surface area contributed by atoms with Crippen LogP contribution < -0.4 is 5.32 Å². The Hall–Kier alpha value is -0.660. The third-order valence-electron chi connectivity index (χ3n) is 3.96. The van der Waals surface area contributed by atoms with Crippen LogP contribution in [-0.4, -0.2) is 57.9 Å². The van der Waals surface area contributed by atoms with Gasteiger partial charge in [0.05, 0.1) is 6.54 Å². The number of nitrogens with one attached hydrogen (secondary N) is 1. The highest BCUT2D eigenvalue weighted by atomic mass is 32.2. The number of halogens is 1. The molecule has 7 heteroatoms. The molecule has 3 heterocycles. The van der Waals surface area contributed by atoms with Gasteiger partial charge in [-0.2, -0.15) is 16.7 Å². The minimum absolute atomic E-state index is 0.231. The maximum absolute atomic E-state index is 13.7. The predicted molar refractivity (Wildman–Crippen MR) is 76.5 cm³/mol. The summed E-state index contributed by atoms with van der Waals surface area (Å²) < 4.78 is 18.7. The quantitative estimate of drug-likeness (QED) is 0.887. The predicted octanol–water partition coefficient (Wildman–Crippen LogP) is 1.39. The van der Waals surface area contributed by atoms with Gasteiger partial charge >= 0.3 is 0 Å². The topological polar surface area (TPSA) is 54.2 Å². The van der Waals surface area contributed by atoms with Crippen LogP contribution in [0.2, 0.25) is 0 Å². The molecule has 20 heavy (non-hydrogen) atoms. The highest BCUT2D eigenvalue weighted by molar-refractivity contribution is 7.99. The summed E-state index contributed by atoms with van der Waals surface area (Å²) >= 11 is 1.99. The standard InChI is InChI=1S/C13H21FN4OS/c1-9-16-13(17-19-9)7-18-6-10(14)4-12(18)5-15-11-2-3-20-8-11/h10-12,15H,2-8H2,1H3/t10-,11-,12-/m0/s1. The molecule has 3 atom stereocenters. The summed E-state index contributed by atoms with van der Waals surface area (Å²) in [6.45, 7) is 3.67. The van der Waals surface area contributed by atoms with Gasteiger partial charge in [-0.15, -0.1) is 0 Å². The Bertz CT molecular complexity index is 438. The van der Waals surface area contributed by atoms with Crippen molar-refractivity contribution in [3.63, 3.8) is 0 Å². The minimum Gasteiger partial charge on any atom is -0.340 e. The fraction of sp³-hybridized carbons (Fsp3) is 0.846. The van der Waals surface area contributed by atoms with Crippen LogP contribution in [0, 0.1) is 6.92 Å². The van der Waals surface area contributed by atoms with E-state index in [0.717, 1.165) is 6.54 Å². The van der Waals surface area contributed by atoms with Gasteiger partial charge in [-0.25, -0.2) is 4.39 Å². The van der Waals surface area contributed by atoms with Gasteiger partial charge < -0.3 is 9.84 Å². The second-order valence-corrected chi connectivity index (χ2v) is 6.76. The lowest BCUT2D eigenvalue weighted by molar-refractivity contribution is 0.219. The lowest BCUT2D eigenvalue weighted by atomic mass is 10.2. The number of hydrogen-bond donors (Lipinski definition) is 1. The summed E-state index contributed by atoms with van der Waals surface area (Å²) in [7, 11) is 0. The van der Waals surface area contributed by atoms with Crippen LogP contribution in [0.3, 0.4) is 0 Å².